The monoisotopic (exact) mass is 299 g/mol. The summed E-state index contributed by atoms with van der Waals surface area (Å²) < 4.78 is 17.9. The van der Waals surface area contributed by atoms with E-state index in [9.17, 15) is 14.0 Å². The van der Waals surface area contributed by atoms with E-state index in [1.54, 1.807) is 41.3 Å². The highest BCUT2D eigenvalue weighted by molar-refractivity contribution is 6.04. The van der Waals surface area contributed by atoms with Gasteiger partial charge in [0.25, 0.3) is 0 Å². The molecule has 0 saturated carbocycles. The second-order valence-corrected chi connectivity index (χ2v) is 5.14. The van der Waals surface area contributed by atoms with Crippen LogP contribution in [0.1, 0.15) is 18.4 Å². The molecule has 112 valence electrons. The number of nitrogens with zero attached hydrogens (tertiary/aromatic N) is 1. The third-order valence-electron chi connectivity index (χ3n) is 3.61. The van der Waals surface area contributed by atoms with E-state index in [1.165, 1.54) is 19.1 Å². The Hall–Kier alpha value is -2.69. The summed E-state index contributed by atoms with van der Waals surface area (Å²) in [5, 5.41) is 0. The summed E-state index contributed by atoms with van der Waals surface area (Å²) >= 11 is 0. The Kier molecular flexibility index (Phi) is 3.63. The lowest BCUT2D eigenvalue weighted by Crippen LogP contribution is -2.51. The fraction of sp³-hybridized carbons (Fsp3) is 0.176. The number of benzene rings is 2. The quantitative estimate of drug-likeness (QED) is 0.497. The SMILES string of the molecule is CC(=O)Oc1ccc([C@H]2CN(c3ccc(F)cc3)C2=O)cc1. The van der Waals surface area contributed by atoms with Crippen LogP contribution in [0.2, 0.25) is 0 Å². The van der Waals surface area contributed by atoms with Crippen molar-refractivity contribution in [1.29, 1.82) is 0 Å². The van der Waals surface area contributed by atoms with Gasteiger partial charge in [-0.15, -0.1) is 0 Å². The Labute approximate surface area is 127 Å². The molecule has 1 aliphatic heterocycles. The zero-order valence-corrected chi connectivity index (χ0v) is 12.0. The molecule has 1 heterocycles. The van der Waals surface area contributed by atoms with Crippen molar-refractivity contribution in [2.24, 2.45) is 0 Å². The van der Waals surface area contributed by atoms with Crippen LogP contribution in [0.4, 0.5) is 10.1 Å². The predicted octanol–water partition coefficient (Wildman–Crippen LogP) is 2.88. The summed E-state index contributed by atoms with van der Waals surface area (Å²) in [6.07, 6.45) is 0. The standard InChI is InChI=1S/C17H14FNO3/c1-11(20)22-15-8-2-12(3-9-15)16-10-19(17(16)21)14-6-4-13(18)5-7-14/h2-9,16H,10H2,1H3/t16-/m1/s1. The summed E-state index contributed by atoms with van der Waals surface area (Å²) in [6.45, 7) is 1.89. The first-order valence-corrected chi connectivity index (χ1v) is 6.90. The lowest BCUT2D eigenvalue weighted by atomic mass is 9.90. The van der Waals surface area contributed by atoms with Gasteiger partial charge in [0.1, 0.15) is 11.6 Å². The topological polar surface area (TPSA) is 46.6 Å². The number of ether oxygens (including phenoxy) is 1. The maximum atomic E-state index is 12.9. The zero-order chi connectivity index (χ0) is 15.7. The van der Waals surface area contributed by atoms with E-state index >= 15 is 0 Å². The van der Waals surface area contributed by atoms with Gasteiger partial charge in [0.05, 0.1) is 5.92 Å². The van der Waals surface area contributed by atoms with Gasteiger partial charge in [-0.2, -0.15) is 0 Å². The van der Waals surface area contributed by atoms with Crippen LogP contribution in [-0.4, -0.2) is 18.4 Å². The van der Waals surface area contributed by atoms with Crippen molar-refractivity contribution in [1.82, 2.24) is 0 Å². The Morgan fingerprint density at radius 2 is 1.77 bits per heavy atom. The number of carbonyl (C=O) groups is 2. The molecular formula is C17H14FNO3. The number of rotatable bonds is 3. The average molecular weight is 299 g/mol. The van der Waals surface area contributed by atoms with Crippen LogP contribution < -0.4 is 9.64 Å². The maximum Gasteiger partial charge on any atom is 0.308 e. The van der Waals surface area contributed by atoms with E-state index in [2.05, 4.69) is 0 Å². The number of esters is 1. The predicted molar refractivity (Wildman–Crippen MR) is 79.2 cm³/mol. The van der Waals surface area contributed by atoms with Crippen LogP contribution in [0, 0.1) is 5.82 Å². The first-order valence-electron chi connectivity index (χ1n) is 6.90. The van der Waals surface area contributed by atoms with Gasteiger partial charge in [-0.05, 0) is 42.0 Å². The van der Waals surface area contributed by atoms with E-state index in [1.807, 2.05) is 0 Å². The molecule has 22 heavy (non-hydrogen) atoms. The first-order chi connectivity index (χ1) is 10.5. The second kappa shape index (κ2) is 5.60. The molecule has 0 aliphatic carbocycles. The minimum Gasteiger partial charge on any atom is -0.427 e. The summed E-state index contributed by atoms with van der Waals surface area (Å²) in [5.74, 6) is -0.481. The fourth-order valence-electron chi connectivity index (χ4n) is 2.46. The van der Waals surface area contributed by atoms with E-state index in [-0.39, 0.29) is 23.6 Å². The molecule has 3 rings (SSSR count). The normalized spacial score (nSPS) is 17.1. The van der Waals surface area contributed by atoms with Crippen molar-refractivity contribution in [3.05, 3.63) is 59.9 Å². The molecule has 1 amide bonds. The Morgan fingerprint density at radius 1 is 1.14 bits per heavy atom. The van der Waals surface area contributed by atoms with Gasteiger partial charge in [-0.25, -0.2) is 4.39 Å². The number of halogens is 1. The Bertz CT molecular complexity index is 710. The van der Waals surface area contributed by atoms with Gasteiger partial charge in [0.15, 0.2) is 0 Å². The van der Waals surface area contributed by atoms with Gasteiger partial charge in [0, 0.05) is 19.2 Å². The molecule has 0 radical (unpaired) electrons. The molecule has 4 nitrogen and oxygen atoms in total. The average Bonchev–Trinajstić information content (AvgIpc) is 2.49. The Balaban J connectivity index is 1.69. The van der Waals surface area contributed by atoms with Crippen molar-refractivity contribution in [2.45, 2.75) is 12.8 Å². The van der Waals surface area contributed by atoms with Crippen molar-refractivity contribution >= 4 is 17.6 Å². The largest absolute Gasteiger partial charge is 0.427 e. The van der Waals surface area contributed by atoms with Crippen molar-refractivity contribution in [3.8, 4) is 5.75 Å². The molecule has 1 atom stereocenters. The molecular weight excluding hydrogens is 285 g/mol. The minimum absolute atomic E-state index is 0.0214. The molecule has 0 bridgehead atoms. The Morgan fingerprint density at radius 3 is 2.32 bits per heavy atom. The molecule has 5 heteroatoms. The van der Waals surface area contributed by atoms with E-state index in [0.29, 0.717) is 18.0 Å². The highest BCUT2D eigenvalue weighted by atomic mass is 19.1. The number of carbonyl (C=O) groups excluding carboxylic acids is 2. The number of hydrogen-bond donors (Lipinski definition) is 0. The molecule has 2 aromatic rings. The van der Waals surface area contributed by atoms with Gasteiger partial charge in [-0.3, -0.25) is 9.59 Å². The smallest absolute Gasteiger partial charge is 0.308 e. The van der Waals surface area contributed by atoms with Crippen LogP contribution >= 0.6 is 0 Å². The summed E-state index contributed by atoms with van der Waals surface area (Å²) in [4.78, 5) is 24.7. The van der Waals surface area contributed by atoms with Crippen LogP contribution in [0.5, 0.6) is 5.75 Å². The van der Waals surface area contributed by atoms with Gasteiger partial charge in [-0.1, -0.05) is 12.1 Å². The molecule has 2 aromatic carbocycles. The lowest BCUT2D eigenvalue weighted by Gasteiger charge is -2.38. The van der Waals surface area contributed by atoms with Crippen LogP contribution in [0.25, 0.3) is 0 Å². The molecule has 0 aromatic heterocycles. The lowest BCUT2D eigenvalue weighted by molar-refractivity contribution is -0.132. The van der Waals surface area contributed by atoms with E-state index < -0.39 is 0 Å². The second-order valence-electron chi connectivity index (χ2n) is 5.14. The van der Waals surface area contributed by atoms with Crippen LogP contribution in [-0.2, 0) is 9.59 Å². The summed E-state index contributed by atoms with van der Waals surface area (Å²) in [7, 11) is 0. The molecule has 1 fully saturated rings. The van der Waals surface area contributed by atoms with Crippen molar-refractivity contribution in [3.63, 3.8) is 0 Å². The van der Waals surface area contributed by atoms with E-state index in [0.717, 1.165) is 5.56 Å². The minimum atomic E-state index is -0.380. The first kappa shape index (κ1) is 14.3. The maximum absolute atomic E-state index is 12.9. The highest BCUT2D eigenvalue weighted by Gasteiger charge is 2.38. The fourth-order valence-corrected chi connectivity index (χ4v) is 2.46. The number of amides is 1. The third-order valence-corrected chi connectivity index (χ3v) is 3.61. The highest BCUT2D eigenvalue weighted by Crippen LogP contribution is 2.33. The van der Waals surface area contributed by atoms with Crippen LogP contribution in [0.15, 0.2) is 48.5 Å². The third kappa shape index (κ3) is 2.70. The van der Waals surface area contributed by atoms with Crippen molar-refractivity contribution < 1.29 is 18.7 Å². The molecule has 0 spiro atoms. The summed E-state index contributed by atoms with van der Waals surface area (Å²) in [5.41, 5.74) is 1.57. The molecule has 0 N–H and O–H groups in total. The van der Waals surface area contributed by atoms with Gasteiger partial charge < -0.3 is 9.64 Å². The van der Waals surface area contributed by atoms with Crippen LogP contribution in [0.3, 0.4) is 0 Å². The van der Waals surface area contributed by atoms with Crippen molar-refractivity contribution in [2.75, 3.05) is 11.4 Å². The number of anilines is 1. The molecule has 1 saturated heterocycles. The number of hydrogen-bond acceptors (Lipinski definition) is 3. The van der Waals surface area contributed by atoms with Gasteiger partial charge >= 0.3 is 5.97 Å². The molecule has 1 aliphatic rings. The van der Waals surface area contributed by atoms with E-state index in [4.69, 9.17) is 4.74 Å². The van der Waals surface area contributed by atoms with Gasteiger partial charge in [0.2, 0.25) is 5.91 Å². The molecule has 0 unspecified atom stereocenters. The number of β-lactam (4-membered cyclic amide) rings is 1. The zero-order valence-electron chi connectivity index (χ0n) is 12.0. The summed E-state index contributed by atoms with van der Waals surface area (Å²) in [6, 6.07) is 12.8.